The highest BCUT2D eigenvalue weighted by Crippen LogP contribution is 2.46. The van der Waals surface area contributed by atoms with Gasteiger partial charge in [-0.15, -0.1) is 23.2 Å². The highest BCUT2D eigenvalue weighted by atomic mass is 35.5. The monoisotopic (exact) mass is 614 g/mol. The quantitative estimate of drug-likeness (QED) is 0.359. The molecule has 226 valence electrons. The molecule has 4 aliphatic carbocycles. The molecule has 4 aliphatic rings. The lowest BCUT2D eigenvalue weighted by atomic mass is 9.72. The molecule has 4 fully saturated rings. The van der Waals surface area contributed by atoms with Crippen LogP contribution < -0.4 is 10.9 Å². The fourth-order valence-corrected chi connectivity index (χ4v) is 7.97. The molecule has 41 heavy (non-hydrogen) atoms. The van der Waals surface area contributed by atoms with Gasteiger partial charge in [0, 0.05) is 61.1 Å². The second-order valence-electron chi connectivity index (χ2n) is 13.0. The minimum Gasteiger partial charge on any atom is -0.353 e. The van der Waals surface area contributed by atoms with Crippen molar-refractivity contribution >= 4 is 29.1 Å². The van der Waals surface area contributed by atoms with E-state index in [4.69, 9.17) is 28.6 Å². The number of nitrogens with one attached hydrogen (secondary N) is 2. The number of hydrogen-bond acceptors (Lipinski definition) is 3. The van der Waals surface area contributed by atoms with Crippen molar-refractivity contribution in [2.45, 2.75) is 106 Å². The molecule has 0 spiro atoms. The molecule has 0 aromatic carbocycles. The first-order valence-corrected chi connectivity index (χ1v) is 15.9. The summed E-state index contributed by atoms with van der Waals surface area (Å²) in [5.74, 6) is -0.300. The lowest BCUT2D eigenvalue weighted by molar-refractivity contribution is -0.142. The molecule has 7 nitrogen and oxygen atoms in total. The van der Waals surface area contributed by atoms with Crippen LogP contribution in [0.5, 0.6) is 0 Å². The number of alkyl halides is 5. The minimum absolute atomic E-state index is 0.0256. The normalized spacial score (nSPS) is 31.7. The molecule has 12 heteroatoms. The average molecular weight is 616 g/mol. The standard InChI is InChI=1S/C29H39Cl2F3N6O/c1-38-15-22(26(37-38)29(32,33)34)19-10-16(14-39-8-9-40(28(39)35)21-5-6-21)11-20(12-19)27(41)36-25(17-2-3-17)18-4-7-23(30)24(31)13-18/h8-9,15-21,23-25,35H,2-7,10-14H2,1H3,(H,36,41)/t16?,18?,19?,20?,23?,24?,25-/m0/s1. The lowest BCUT2D eigenvalue weighted by Gasteiger charge is -2.38. The van der Waals surface area contributed by atoms with Crippen molar-refractivity contribution < 1.29 is 18.0 Å². The van der Waals surface area contributed by atoms with Crippen molar-refractivity contribution in [2.75, 3.05) is 0 Å². The second-order valence-corrected chi connectivity index (χ2v) is 14.1. The lowest BCUT2D eigenvalue weighted by Crippen LogP contribution is -2.48. The van der Waals surface area contributed by atoms with Crippen LogP contribution in [0.4, 0.5) is 13.2 Å². The van der Waals surface area contributed by atoms with E-state index < -0.39 is 23.7 Å². The summed E-state index contributed by atoms with van der Waals surface area (Å²) in [6.45, 7) is 0.500. The van der Waals surface area contributed by atoms with E-state index in [-0.39, 0.29) is 40.1 Å². The van der Waals surface area contributed by atoms with E-state index in [9.17, 15) is 18.0 Å². The first-order chi connectivity index (χ1) is 19.5. The van der Waals surface area contributed by atoms with E-state index in [0.717, 1.165) is 44.9 Å². The molecule has 7 atom stereocenters. The Hall–Kier alpha value is -1.94. The van der Waals surface area contributed by atoms with Crippen LogP contribution in [0, 0.1) is 29.1 Å². The number of rotatable bonds is 8. The van der Waals surface area contributed by atoms with Crippen LogP contribution in [-0.2, 0) is 24.6 Å². The largest absolute Gasteiger partial charge is 0.435 e. The summed E-state index contributed by atoms with van der Waals surface area (Å²) in [5, 5.41) is 15.6. The number of carbonyl (C=O) groups excluding carboxylic acids is 1. The van der Waals surface area contributed by atoms with Gasteiger partial charge in [0.1, 0.15) is 0 Å². The van der Waals surface area contributed by atoms with E-state index >= 15 is 0 Å². The molecule has 6 unspecified atom stereocenters. The third-order valence-electron chi connectivity index (χ3n) is 9.74. The average Bonchev–Trinajstić information content (AvgIpc) is 3.85. The van der Waals surface area contributed by atoms with Gasteiger partial charge < -0.3 is 14.5 Å². The fourth-order valence-electron chi connectivity index (χ4n) is 7.39. The summed E-state index contributed by atoms with van der Waals surface area (Å²) < 4.78 is 47.0. The van der Waals surface area contributed by atoms with Gasteiger partial charge in [-0.05, 0) is 87.9 Å². The molecule has 0 radical (unpaired) electrons. The Morgan fingerprint density at radius 1 is 1.05 bits per heavy atom. The third kappa shape index (κ3) is 6.38. The summed E-state index contributed by atoms with van der Waals surface area (Å²) in [7, 11) is 1.51. The van der Waals surface area contributed by atoms with E-state index in [1.54, 1.807) is 0 Å². The van der Waals surface area contributed by atoms with Gasteiger partial charge in [0.25, 0.3) is 0 Å². The fraction of sp³-hybridized carbons (Fsp3) is 0.759. The first kappa shape index (κ1) is 29.1. The van der Waals surface area contributed by atoms with Gasteiger partial charge in [-0.25, -0.2) is 0 Å². The molecule has 1 amide bonds. The number of aryl methyl sites for hydroxylation is 1. The number of carbonyl (C=O) groups is 1. The van der Waals surface area contributed by atoms with Crippen LogP contribution in [0.25, 0.3) is 0 Å². The molecular weight excluding hydrogens is 576 g/mol. The first-order valence-electron chi connectivity index (χ1n) is 15.0. The Labute approximate surface area is 248 Å². The van der Waals surface area contributed by atoms with Gasteiger partial charge in [0.15, 0.2) is 5.69 Å². The van der Waals surface area contributed by atoms with Crippen molar-refractivity contribution in [2.24, 2.45) is 30.7 Å². The number of imidazole rings is 1. The summed E-state index contributed by atoms with van der Waals surface area (Å²) in [4.78, 5) is 13.9. The zero-order valence-corrected chi connectivity index (χ0v) is 24.8. The van der Waals surface area contributed by atoms with Gasteiger partial charge in [0.05, 0.1) is 5.38 Å². The Balaban J connectivity index is 1.24. The van der Waals surface area contributed by atoms with Crippen LogP contribution in [0.1, 0.15) is 87.4 Å². The molecule has 2 aromatic heterocycles. The number of amides is 1. The number of aromatic nitrogens is 4. The van der Waals surface area contributed by atoms with Crippen molar-refractivity contribution in [3.63, 3.8) is 0 Å². The topological polar surface area (TPSA) is 80.6 Å². The van der Waals surface area contributed by atoms with E-state index in [2.05, 4.69) is 10.4 Å². The Kier molecular flexibility index (Phi) is 8.02. The molecule has 6 rings (SSSR count). The van der Waals surface area contributed by atoms with Gasteiger partial charge in [0.2, 0.25) is 11.5 Å². The number of nitrogens with zero attached hydrogens (tertiary/aromatic N) is 4. The van der Waals surface area contributed by atoms with Crippen molar-refractivity contribution in [1.29, 1.82) is 5.41 Å². The smallest absolute Gasteiger partial charge is 0.353 e. The number of hydrogen-bond donors (Lipinski definition) is 2. The predicted octanol–water partition coefficient (Wildman–Crippen LogP) is 5.97. The van der Waals surface area contributed by atoms with Crippen LogP contribution >= 0.6 is 23.2 Å². The highest BCUT2D eigenvalue weighted by molar-refractivity contribution is 6.30. The third-order valence-corrected chi connectivity index (χ3v) is 10.9. The van der Waals surface area contributed by atoms with Crippen LogP contribution in [-0.4, -0.2) is 41.6 Å². The summed E-state index contributed by atoms with van der Waals surface area (Å²) in [6.07, 6.45) is 8.93. The van der Waals surface area contributed by atoms with Gasteiger partial charge in [-0.3, -0.25) is 14.9 Å². The Morgan fingerprint density at radius 3 is 2.44 bits per heavy atom. The minimum atomic E-state index is -4.57. The van der Waals surface area contributed by atoms with E-state index in [0.29, 0.717) is 43.4 Å². The van der Waals surface area contributed by atoms with Crippen molar-refractivity contribution in [3.8, 4) is 0 Å². The number of halogens is 5. The van der Waals surface area contributed by atoms with Crippen LogP contribution in [0.2, 0.25) is 0 Å². The van der Waals surface area contributed by atoms with Gasteiger partial charge >= 0.3 is 6.18 Å². The Morgan fingerprint density at radius 2 is 1.78 bits per heavy atom. The molecule has 2 aromatic rings. The zero-order chi connectivity index (χ0) is 29.1. The summed E-state index contributed by atoms with van der Waals surface area (Å²) >= 11 is 12.9. The maximum Gasteiger partial charge on any atom is 0.435 e. The van der Waals surface area contributed by atoms with Crippen molar-refractivity contribution in [3.05, 3.63) is 35.5 Å². The summed E-state index contributed by atoms with van der Waals surface area (Å²) in [5.41, 5.74) is -0.286. The predicted molar refractivity (Wildman–Crippen MR) is 150 cm³/mol. The highest BCUT2D eigenvalue weighted by Gasteiger charge is 2.45. The molecule has 0 aliphatic heterocycles. The summed E-state index contributed by atoms with van der Waals surface area (Å²) in [6, 6.07) is 0.393. The zero-order valence-electron chi connectivity index (χ0n) is 23.3. The van der Waals surface area contributed by atoms with Gasteiger partial charge in [-0.1, -0.05) is 0 Å². The van der Waals surface area contributed by atoms with Gasteiger partial charge in [-0.2, -0.15) is 18.3 Å². The van der Waals surface area contributed by atoms with Crippen LogP contribution in [0.3, 0.4) is 0 Å². The molecule has 0 bridgehead atoms. The maximum absolute atomic E-state index is 14.0. The molecule has 2 N–H and O–H groups in total. The molecule has 2 heterocycles. The molecule has 4 saturated carbocycles. The van der Waals surface area contributed by atoms with E-state index in [1.807, 2.05) is 21.5 Å². The maximum atomic E-state index is 14.0. The van der Waals surface area contributed by atoms with E-state index in [1.165, 1.54) is 17.9 Å². The molecule has 0 saturated heterocycles. The van der Waals surface area contributed by atoms with Crippen molar-refractivity contribution in [1.82, 2.24) is 24.2 Å². The van der Waals surface area contributed by atoms with Crippen LogP contribution in [0.15, 0.2) is 18.6 Å². The SMILES string of the molecule is Cn1cc(C2CC(Cn3ccn(C4CC4)c3=N)CC(C(=O)N[C@@H](C3CC3)C3CCC(Cl)C(Cl)C3)C2)c(C(F)(F)F)n1. The molecular formula is C29H39Cl2F3N6O. The Bertz CT molecular complexity index is 1310. The second kappa shape index (κ2) is 11.3.